The van der Waals surface area contributed by atoms with Gasteiger partial charge in [-0.15, -0.1) is 0 Å². The molecule has 0 N–H and O–H groups in total. The average molecular weight is 962 g/mol. The smallest absolute Gasteiger partial charge is 0.319 e. The highest BCUT2D eigenvalue weighted by molar-refractivity contribution is 7.88. The molecule has 12 heteroatoms. The molecule has 3 nitrogen and oxygen atoms in total. The maximum Gasteiger partial charge on any atom is 0.319 e. The Balaban J connectivity index is 1.88. The third-order valence-corrected chi connectivity index (χ3v) is 58.1. The van der Waals surface area contributed by atoms with Gasteiger partial charge in [-0.3, -0.25) is 9.59 Å². The number of ether oxygens (including phenoxy) is 1. The number of hydrogen-bond donors (Lipinski definition) is 0. The van der Waals surface area contributed by atoms with Crippen LogP contribution < -0.4 is 5.30 Å². The Morgan fingerprint density at radius 2 is 0.917 bits per heavy atom. The predicted octanol–water partition coefficient (Wildman–Crippen LogP) is 14.4. The van der Waals surface area contributed by atoms with Crippen LogP contribution in [-0.4, -0.2) is 68.5 Å². The maximum absolute atomic E-state index is 14.3. The minimum absolute atomic E-state index is 0.162. The number of cyclic esters (lactones) is 2. The van der Waals surface area contributed by atoms with Crippen molar-refractivity contribution in [1.29, 1.82) is 0 Å². The van der Waals surface area contributed by atoms with Gasteiger partial charge >= 0.3 is 11.9 Å². The quantitative estimate of drug-likeness (QED) is 0.0786. The van der Waals surface area contributed by atoms with Crippen LogP contribution >= 0.6 is 15.7 Å². The lowest BCUT2D eigenvalue weighted by atomic mass is 9.54. The van der Waals surface area contributed by atoms with Crippen molar-refractivity contribution < 1.29 is 14.3 Å². The van der Waals surface area contributed by atoms with Crippen molar-refractivity contribution in [2.24, 2.45) is 11.8 Å². The third kappa shape index (κ3) is 7.51. The monoisotopic (exact) mass is 960 g/mol. The van der Waals surface area contributed by atoms with E-state index in [9.17, 15) is 9.59 Å². The lowest BCUT2D eigenvalue weighted by Crippen LogP contribution is -2.74. The summed E-state index contributed by atoms with van der Waals surface area (Å²) in [6, 6.07) is 23.3. The van der Waals surface area contributed by atoms with Gasteiger partial charge in [0.2, 0.25) is 0 Å². The van der Waals surface area contributed by atoms with E-state index in [1.54, 1.807) is 22.0 Å². The number of carbonyl (C=O) groups excluding carboxylic acids is 2. The summed E-state index contributed by atoms with van der Waals surface area (Å²) in [6.45, 7) is 56.2. The minimum Gasteiger partial charge on any atom is -0.393 e. The number of hydrogen-bond acceptors (Lipinski definition) is 3. The Hall–Kier alpha value is -1.08. The molecule has 1 saturated heterocycles. The van der Waals surface area contributed by atoms with Crippen LogP contribution in [0.2, 0.25) is 137 Å². The van der Waals surface area contributed by atoms with Gasteiger partial charge in [-0.2, -0.15) is 0 Å². The van der Waals surface area contributed by atoms with Crippen molar-refractivity contribution in [3.05, 3.63) is 99.6 Å². The summed E-state index contributed by atoms with van der Waals surface area (Å²) >= 11 is 0. The first-order valence-electron chi connectivity index (χ1n) is 22.6. The summed E-state index contributed by atoms with van der Waals surface area (Å²) in [5.74, 6) is -1.86. The Labute approximate surface area is 376 Å². The summed E-state index contributed by atoms with van der Waals surface area (Å²) in [7, 11) is -10.4. The van der Waals surface area contributed by atoms with E-state index >= 15 is 0 Å². The lowest BCUT2D eigenvalue weighted by Gasteiger charge is -2.60. The molecule has 4 aliphatic rings. The fourth-order valence-electron chi connectivity index (χ4n) is 15.4. The van der Waals surface area contributed by atoms with E-state index in [-0.39, 0.29) is 22.1 Å². The number of esters is 2. The summed E-state index contributed by atoms with van der Waals surface area (Å²) in [6.07, 6.45) is 0. The molecule has 0 spiro atoms. The maximum atomic E-state index is 14.3. The molecule has 1 heterocycles. The van der Waals surface area contributed by atoms with Gasteiger partial charge < -0.3 is 4.74 Å². The molecule has 0 aromatic heterocycles. The number of benzene rings is 3. The van der Waals surface area contributed by atoms with E-state index in [1.165, 1.54) is 30.1 Å². The van der Waals surface area contributed by atoms with Gasteiger partial charge in [0.05, 0.1) is 17.0 Å². The van der Waals surface area contributed by atoms with Crippen molar-refractivity contribution >= 4 is 89.5 Å². The van der Waals surface area contributed by atoms with Crippen molar-refractivity contribution in [3.63, 3.8) is 0 Å². The largest absolute Gasteiger partial charge is 0.393 e. The highest BCUT2D eigenvalue weighted by Crippen LogP contribution is 2.69. The van der Waals surface area contributed by atoms with E-state index < -0.39 is 73.5 Å². The third-order valence-electron chi connectivity index (χ3n) is 14.7. The van der Waals surface area contributed by atoms with E-state index in [0.717, 1.165) is 7.87 Å². The van der Waals surface area contributed by atoms with Crippen LogP contribution in [0.25, 0.3) is 0 Å². The molecule has 2 atom stereocenters. The molecule has 3 aliphatic carbocycles. The van der Waals surface area contributed by atoms with Gasteiger partial charge in [0.15, 0.2) is 0 Å². The first-order valence-corrected chi connectivity index (χ1v) is 49.9. The SMILES string of the molecule is C[Si](C)(C)C(c1cc(C([Si](C)(C)C)([Si](C)(C)C)[Si](C)(C)C)cc(C([Si](C)(C)C)[Si](C)(C)C)c1P=PC12c3ccccc3C(c3ccccc31)[C@H]1C(=O)OC(=O)[C@H]12)[Si](C)(C)C. The molecule has 7 rings (SSSR count). The Morgan fingerprint density at radius 1 is 0.550 bits per heavy atom. The Morgan fingerprint density at radius 3 is 1.27 bits per heavy atom. The molecule has 326 valence electrons. The number of rotatable bonds is 12. The van der Waals surface area contributed by atoms with Crippen LogP contribution in [0.15, 0.2) is 60.7 Å². The summed E-state index contributed by atoms with van der Waals surface area (Å²) < 4.78 is 5.97. The van der Waals surface area contributed by atoms with Crippen LogP contribution in [0.3, 0.4) is 0 Å². The second kappa shape index (κ2) is 15.3. The van der Waals surface area contributed by atoms with Gasteiger partial charge in [-0.25, -0.2) is 0 Å². The molecule has 1 fully saturated rings. The van der Waals surface area contributed by atoms with E-state index in [4.69, 9.17) is 4.74 Å². The van der Waals surface area contributed by atoms with Crippen LogP contribution in [-0.2, 0) is 23.8 Å². The second-order valence-corrected chi connectivity index (χ2v) is 68.6. The molecule has 0 saturated carbocycles. The van der Waals surface area contributed by atoms with Crippen LogP contribution in [0.4, 0.5) is 0 Å². The van der Waals surface area contributed by atoms with Gasteiger partial charge in [0, 0.05) is 67.7 Å². The normalized spacial score (nSPS) is 22.8. The molecule has 3 aromatic carbocycles. The number of carbonyl (C=O) groups is 2. The molecule has 3 aromatic rings. The zero-order valence-corrected chi connectivity index (χ0v) is 50.1. The summed E-state index contributed by atoms with van der Waals surface area (Å²) in [4.78, 5) is 28.3. The van der Waals surface area contributed by atoms with Gasteiger partial charge in [-0.1, -0.05) is 206 Å². The molecule has 0 unspecified atom stereocenters. The molecule has 1 aliphatic heterocycles. The highest BCUT2D eigenvalue weighted by Gasteiger charge is 2.67. The lowest BCUT2D eigenvalue weighted by molar-refractivity contribution is -0.153. The van der Waals surface area contributed by atoms with Crippen molar-refractivity contribution in [3.8, 4) is 0 Å². The molecular formula is C48H78O3P2Si7. The van der Waals surface area contributed by atoms with Crippen LogP contribution in [0, 0.1) is 11.8 Å². The molecule has 2 bridgehead atoms. The predicted molar refractivity (Wildman–Crippen MR) is 284 cm³/mol. The topological polar surface area (TPSA) is 43.4 Å². The zero-order valence-electron chi connectivity index (χ0n) is 41.3. The van der Waals surface area contributed by atoms with E-state index in [2.05, 4.69) is 198 Å². The second-order valence-electron chi connectivity index (χ2n) is 26.2. The fourth-order valence-corrected chi connectivity index (χ4v) is 75.7. The minimum atomic E-state index is -1.85. The standard InChI is InChI=1S/C48H78O3P2Si7/c1-54(2,3)45(55(4,5)6)35-30-32(48(58(13,14)15,59(16,17)18)60(19,20)21)31-36(46(56(7,8)9)57(10,11)12)42(35)52-53-47-37-28-24-22-26-33(37)39(34-27-23-25-29-38(34)47)40-41(47)44(50)51-43(40)49/h22-31,39-41,45-46H,1-21H3/t39?,40-,41+,47?/m1/s1. The van der Waals surface area contributed by atoms with E-state index in [0.29, 0.717) is 10.3 Å². The summed E-state index contributed by atoms with van der Waals surface area (Å²) in [5, 5.41) is 1.99. The molecule has 60 heavy (non-hydrogen) atoms. The molecule has 0 amide bonds. The van der Waals surface area contributed by atoms with Gasteiger partial charge in [0.1, 0.15) is 0 Å². The first kappa shape index (κ1) is 48.4. The van der Waals surface area contributed by atoms with E-state index in [1.807, 2.05) is 0 Å². The van der Waals surface area contributed by atoms with Gasteiger partial charge in [-0.05, 0) is 61.4 Å². The molecule has 0 radical (unpaired) electrons. The van der Waals surface area contributed by atoms with Crippen molar-refractivity contribution in [2.45, 2.75) is 163 Å². The van der Waals surface area contributed by atoms with Gasteiger partial charge in [0.25, 0.3) is 0 Å². The van der Waals surface area contributed by atoms with Crippen LogP contribution in [0.5, 0.6) is 0 Å². The fraction of sp³-hybridized carbons (Fsp3) is 0.583. The highest BCUT2D eigenvalue weighted by atomic mass is 31.7. The van der Waals surface area contributed by atoms with Crippen molar-refractivity contribution in [2.75, 3.05) is 0 Å². The van der Waals surface area contributed by atoms with Crippen molar-refractivity contribution in [1.82, 2.24) is 0 Å². The Kier molecular flexibility index (Phi) is 12.3. The molecular weight excluding hydrogens is 883 g/mol. The summed E-state index contributed by atoms with van der Waals surface area (Å²) in [5.41, 5.74) is 9.91. The first-order chi connectivity index (χ1) is 27.1. The average Bonchev–Trinajstić information content (AvgIpc) is 3.34. The van der Waals surface area contributed by atoms with Crippen LogP contribution in [0.1, 0.15) is 55.2 Å². The Bertz CT molecular complexity index is 2070. The zero-order chi connectivity index (χ0) is 45.4.